The Kier molecular flexibility index (Phi) is 4.62. The standard InChI is InChI=1S/C20H20FN5O2/c1-11(2)17-16(20(27)28-3)15(12-6-8-13(21)9-7-12)14-5-4-10-26-19(18(14)22-17)23-24-25-26/h6-9,11H,4-5,10H2,1-3H3. The maximum absolute atomic E-state index is 13.6. The Bertz CT molecular complexity index is 1040. The van der Waals surface area contributed by atoms with Gasteiger partial charge in [-0.1, -0.05) is 26.0 Å². The number of rotatable bonds is 3. The minimum Gasteiger partial charge on any atom is -0.465 e. The molecule has 0 atom stereocenters. The van der Waals surface area contributed by atoms with Crippen LogP contribution >= 0.6 is 0 Å². The molecule has 0 bridgehead atoms. The third kappa shape index (κ3) is 2.94. The number of fused-ring (bicyclic) bond motifs is 3. The molecule has 0 saturated heterocycles. The van der Waals surface area contributed by atoms with Crippen molar-refractivity contribution in [2.75, 3.05) is 7.11 Å². The van der Waals surface area contributed by atoms with Crippen LogP contribution in [0.15, 0.2) is 24.3 Å². The Labute approximate surface area is 161 Å². The molecule has 7 nitrogen and oxygen atoms in total. The van der Waals surface area contributed by atoms with E-state index in [1.54, 1.807) is 16.8 Å². The second-order valence-corrected chi connectivity index (χ2v) is 7.06. The molecule has 0 aliphatic carbocycles. The number of tetrazole rings is 1. The summed E-state index contributed by atoms with van der Waals surface area (Å²) in [7, 11) is 1.35. The van der Waals surface area contributed by atoms with Crippen LogP contribution in [0.5, 0.6) is 0 Å². The number of carbonyl (C=O) groups is 1. The highest BCUT2D eigenvalue weighted by Gasteiger charge is 2.30. The van der Waals surface area contributed by atoms with Gasteiger partial charge in [-0.05, 0) is 52.4 Å². The van der Waals surface area contributed by atoms with E-state index in [-0.39, 0.29) is 11.7 Å². The van der Waals surface area contributed by atoms with Crippen molar-refractivity contribution in [3.05, 3.63) is 46.9 Å². The topological polar surface area (TPSA) is 82.8 Å². The molecule has 0 radical (unpaired) electrons. The Morgan fingerprint density at radius 1 is 1.25 bits per heavy atom. The van der Waals surface area contributed by atoms with E-state index < -0.39 is 5.97 Å². The number of aryl methyl sites for hydroxylation is 1. The van der Waals surface area contributed by atoms with E-state index in [1.807, 2.05) is 13.8 Å². The molecule has 0 fully saturated rings. The molecule has 0 amide bonds. The van der Waals surface area contributed by atoms with Crippen LogP contribution in [-0.4, -0.2) is 38.3 Å². The molecule has 0 saturated carbocycles. The number of methoxy groups -OCH3 is 1. The van der Waals surface area contributed by atoms with Crippen molar-refractivity contribution in [2.24, 2.45) is 0 Å². The highest BCUT2D eigenvalue weighted by molar-refractivity contribution is 6.00. The number of hydrogen-bond donors (Lipinski definition) is 0. The maximum atomic E-state index is 13.6. The van der Waals surface area contributed by atoms with Gasteiger partial charge in [0.1, 0.15) is 11.5 Å². The molecule has 2 aromatic heterocycles. The lowest BCUT2D eigenvalue weighted by molar-refractivity contribution is 0.0599. The molecule has 144 valence electrons. The van der Waals surface area contributed by atoms with Crippen LogP contribution in [0.1, 0.15) is 47.8 Å². The molecule has 0 unspecified atom stereocenters. The monoisotopic (exact) mass is 381 g/mol. The fourth-order valence-electron chi connectivity index (χ4n) is 3.66. The summed E-state index contributed by atoms with van der Waals surface area (Å²) < 4.78 is 20.4. The van der Waals surface area contributed by atoms with Gasteiger partial charge in [0, 0.05) is 12.1 Å². The van der Waals surface area contributed by atoms with Crippen LogP contribution in [0.25, 0.3) is 22.6 Å². The van der Waals surface area contributed by atoms with Crippen molar-refractivity contribution in [1.82, 2.24) is 25.2 Å². The Morgan fingerprint density at radius 2 is 2.00 bits per heavy atom. The number of esters is 1. The summed E-state index contributed by atoms with van der Waals surface area (Å²) in [4.78, 5) is 17.6. The van der Waals surface area contributed by atoms with Crippen LogP contribution in [0.2, 0.25) is 0 Å². The van der Waals surface area contributed by atoms with Gasteiger partial charge in [0.05, 0.1) is 18.4 Å². The smallest absolute Gasteiger partial charge is 0.340 e. The minimum absolute atomic E-state index is 0.0359. The van der Waals surface area contributed by atoms with Crippen molar-refractivity contribution >= 4 is 5.97 Å². The van der Waals surface area contributed by atoms with Gasteiger partial charge in [0.25, 0.3) is 0 Å². The highest BCUT2D eigenvalue weighted by Crippen LogP contribution is 2.39. The number of halogens is 1. The molecule has 1 aliphatic rings. The van der Waals surface area contributed by atoms with Crippen LogP contribution in [0.3, 0.4) is 0 Å². The molecule has 0 N–H and O–H groups in total. The lowest BCUT2D eigenvalue weighted by Gasteiger charge is -2.20. The molecular weight excluding hydrogens is 361 g/mol. The van der Waals surface area contributed by atoms with Gasteiger partial charge in [0.2, 0.25) is 5.82 Å². The maximum Gasteiger partial charge on any atom is 0.340 e. The van der Waals surface area contributed by atoms with E-state index >= 15 is 0 Å². The average Bonchev–Trinajstić information content (AvgIpc) is 3.08. The average molecular weight is 381 g/mol. The third-order valence-corrected chi connectivity index (χ3v) is 4.94. The van der Waals surface area contributed by atoms with E-state index in [4.69, 9.17) is 9.72 Å². The number of ether oxygens (including phenoxy) is 1. The zero-order chi connectivity index (χ0) is 19.8. The summed E-state index contributed by atoms with van der Waals surface area (Å²) in [5.41, 5.74) is 4.04. The van der Waals surface area contributed by atoms with Crippen LogP contribution in [-0.2, 0) is 17.7 Å². The summed E-state index contributed by atoms with van der Waals surface area (Å²) >= 11 is 0. The molecular formula is C20H20FN5O2. The molecule has 0 spiro atoms. The Morgan fingerprint density at radius 3 is 2.68 bits per heavy atom. The zero-order valence-corrected chi connectivity index (χ0v) is 15.9. The minimum atomic E-state index is -0.456. The predicted octanol–water partition coefficient (Wildman–Crippen LogP) is 3.40. The van der Waals surface area contributed by atoms with E-state index in [1.165, 1.54) is 19.2 Å². The van der Waals surface area contributed by atoms with Gasteiger partial charge < -0.3 is 4.74 Å². The number of nitrogens with zero attached hydrogens (tertiary/aromatic N) is 5. The lowest BCUT2D eigenvalue weighted by Crippen LogP contribution is -2.15. The van der Waals surface area contributed by atoms with Crippen molar-refractivity contribution < 1.29 is 13.9 Å². The van der Waals surface area contributed by atoms with E-state index in [0.717, 1.165) is 23.1 Å². The third-order valence-electron chi connectivity index (χ3n) is 4.94. The van der Waals surface area contributed by atoms with E-state index in [0.29, 0.717) is 35.7 Å². The van der Waals surface area contributed by atoms with Gasteiger partial charge in [0.15, 0.2) is 0 Å². The Hall–Kier alpha value is -3.16. The van der Waals surface area contributed by atoms with Crippen molar-refractivity contribution in [1.29, 1.82) is 0 Å². The number of aromatic nitrogens is 5. The summed E-state index contributed by atoms with van der Waals surface area (Å²) in [6, 6.07) is 6.13. The number of pyridine rings is 1. The highest BCUT2D eigenvalue weighted by atomic mass is 19.1. The molecule has 8 heteroatoms. The number of hydrogen-bond acceptors (Lipinski definition) is 6. The van der Waals surface area contributed by atoms with Gasteiger partial charge >= 0.3 is 5.97 Å². The summed E-state index contributed by atoms with van der Waals surface area (Å²) in [5, 5.41) is 12.0. The zero-order valence-electron chi connectivity index (χ0n) is 15.9. The first kappa shape index (κ1) is 18.2. The van der Waals surface area contributed by atoms with E-state index in [2.05, 4.69) is 15.5 Å². The molecule has 28 heavy (non-hydrogen) atoms. The lowest BCUT2D eigenvalue weighted by atomic mass is 9.87. The Balaban J connectivity index is 2.12. The summed E-state index contributed by atoms with van der Waals surface area (Å²) in [6.45, 7) is 4.59. The molecule has 1 aromatic carbocycles. The quantitative estimate of drug-likeness (QED) is 0.647. The molecule has 4 rings (SSSR count). The van der Waals surface area contributed by atoms with Gasteiger partial charge in [-0.15, -0.1) is 5.10 Å². The molecule has 3 heterocycles. The second kappa shape index (κ2) is 7.10. The summed E-state index contributed by atoms with van der Waals surface area (Å²) in [5.74, 6) is -0.251. The number of carbonyl (C=O) groups excluding carboxylic acids is 1. The van der Waals surface area contributed by atoms with Gasteiger partial charge in [-0.2, -0.15) is 0 Å². The largest absolute Gasteiger partial charge is 0.465 e. The van der Waals surface area contributed by atoms with Crippen LogP contribution in [0.4, 0.5) is 4.39 Å². The fraction of sp³-hybridized carbons (Fsp3) is 0.350. The fourth-order valence-corrected chi connectivity index (χ4v) is 3.66. The van der Waals surface area contributed by atoms with Crippen molar-refractivity contribution in [2.45, 2.75) is 39.2 Å². The first-order valence-corrected chi connectivity index (χ1v) is 9.18. The second-order valence-electron chi connectivity index (χ2n) is 7.06. The SMILES string of the molecule is COC(=O)c1c(C(C)C)nc2c(c1-c1ccc(F)cc1)CCCn1nnnc1-2. The normalized spacial score (nSPS) is 13.0. The molecule has 1 aliphatic heterocycles. The first-order chi connectivity index (χ1) is 13.5. The molecule has 3 aromatic rings. The van der Waals surface area contributed by atoms with Crippen LogP contribution in [0, 0.1) is 5.82 Å². The van der Waals surface area contributed by atoms with E-state index in [9.17, 15) is 9.18 Å². The van der Waals surface area contributed by atoms with Gasteiger partial charge in [-0.25, -0.2) is 18.9 Å². The number of benzene rings is 1. The van der Waals surface area contributed by atoms with Gasteiger partial charge in [-0.3, -0.25) is 0 Å². The van der Waals surface area contributed by atoms with Crippen molar-refractivity contribution in [3.8, 4) is 22.6 Å². The van der Waals surface area contributed by atoms with Crippen LogP contribution < -0.4 is 0 Å². The first-order valence-electron chi connectivity index (χ1n) is 9.18. The summed E-state index contributed by atoms with van der Waals surface area (Å²) in [6.07, 6.45) is 1.48. The van der Waals surface area contributed by atoms with Crippen molar-refractivity contribution in [3.63, 3.8) is 0 Å². The predicted molar refractivity (Wildman–Crippen MR) is 100 cm³/mol.